The van der Waals surface area contributed by atoms with Crippen LogP contribution in [-0.4, -0.2) is 30.2 Å². The molecule has 1 atom stereocenters. The van der Waals surface area contributed by atoms with Crippen molar-refractivity contribution in [2.24, 2.45) is 0 Å². The first kappa shape index (κ1) is 26.2. The van der Waals surface area contributed by atoms with Crippen molar-refractivity contribution in [2.45, 2.75) is 26.4 Å². The third kappa shape index (κ3) is 5.12. The van der Waals surface area contributed by atoms with Crippen molar-refractivity contribution in [1.29, 1.82) is 5.26 Å². The molecule has 0 aliphatic carbocycles. The highest BCUT2D eigenvalue weighted by molar-refractivity contribution is 5.97. The lowest BCUT2D eigenvalue weighted by Gasteiger charge is -2.16. The number of anilines is 2. The van der Waals surface area contributed by atoms with Crippen LogP contribution in [0.2, 0.25) is 0 Å². The topological polar surface area (TPSA) is 147 Å². The number of nitrogens with one attached hydrogen (secondary N) is 2. The van der Waals surface area contributed by atoms with Gasteiger partial charge in [-0.05, 0) is 37.1 Å². The van der Waals surface area contributed by atoms with E-state index in [0.29, 0.717) is 17.9 Å². The van der Waals surface area contributed by atoms with Crippen LogP contribution in [0.5, 0.6) is 0 Å². The second-order valence-electron chi connectivity index (χ2n) is 9.02. The first-order chi connectivity index (χ1) is 19.2. The first-order valence-electron chi connectivity index (χ1n) is 12.2. The Labute approximate surface area is 227 Å². The summed E-state index contributed by atoms with van der Waals surface area (Å²) in [5.41, 5.74) is 9.51. The number of benzene rings is 2. The monoisotopic (exact) mass is 539 g/mol. The molecular weight excluding hydrogens is 516 g/mol. The van der Waals surface area contributed by atoms with E-state index in [1.807, 2.05) is 41.7 Å². The zero-order chi connectivity index (χ0) is 28.4. The Morgan fingerprint density at radius 1 is 1.12 bits per heavy atom. The molecule has 0 aliphatic rings. The Hall–Kier alpha value is -5.44. The second kappa shape index (κ2) is 10.7. The predicted molar refractivity (Wildman–Crippen MR) is 144 cm³/mol. The van der Waals surface area contributed by atoms with Crippen LogP contribution in [-0.2, 0) is 6.54 Å². The van der Waals surface area contributed by atoms with Crippen molar-refractivity contribution in [2.75, 3.05) is 11.1 Å². The van der Waals surface area contributed by atoms with Crippen LogP contribution in [0.3, 0.4) is 0 Å². The molecule has 0 bridgehead atoms. The summed E-state index contributed by atoms with van der Waals surface area (Å²) in [7, 11) is 0. The van der Waals surface area contributed by atoms with E-state index in [2.05, 4.69) is 30.6 Å². The van der Waals surface area contributed by atoms with Gasteiger partial charge < -0.3 is 16.4 Å². The highest BCUT2D eigenvalue weighted by Gasteiger charge is 2.20. The minimum Gasteiger partial charge on any atom is -0.382 e. The zero-order valence-electron chi connectivity index (χ0n) is 21.5. The summed E-state index contributed by atoms with van der Waals surface area (Å²) in [4.78, 5) is 30.2. The number of carbonyl (C=O) groups is 1. The fourth-order valence-electron chi connectivity index (χ4n) is 4.24. The van der Waals surface area contributed by atoms with Gasteiger partial charge in [-0.15, -0.1) is 0 Å². The molecule has 3 aromatic heterocycles. The van der Waals surface area contributed by atoms with Crippen LogP contribution in [0.25, 0.3) is 16.8 Å². The second-order valence-corrected chi connectivity index (χ2v) is 9.02. The van der Waals surface area contributed by atoms with Gasteiger partial charge in [0.1, 0.15) is 28.9 Å². The van der Waals surface area contributed by atoms with Crippen molar-refractivity contribution in [1.82, 2.24) is 29.7 Å². The number of rotatable bonds is 7. The van der Waals surface area contributed by atoms with Gasteiger partial charge in [-0.2, -0.15) is 5.26 Å². The van der Waals surface area contributed by atoms with Crippen LogP contribution in [0.4, 0.5) is 20.4 Å². The molecule has 0 aliphatic heterocycles. The van der Waals surface area contributed by atoms with E-state index in [0.717, 1.165) is 40.3 Å². The largest absolute Gasteiger partial charge is 0.382 e. The number of imidazole rings is 1. The number of hydrogen-bond donors (Lipinski definition) is 3. The Kier molecular flexibility index (Phi) is 7.03. The number of nitrogen functional groups attached to an aromatic ring is 1. The molecule has 12 heteroatoms. The number of hydrogen-bond acceptors (Lipinski definition) is 8. The van der Waals surface area contributed by atoms with Crippen LogP contribution in [0.15, 0.2) is 61.1 Å². The van der Waals surface area contributed by atoms with Gasteiger partial charge in [-0.25, -0.2) is 28.7 Å². The number of halogens is 2. The molecule has 3 heterocycles. The third-order valence-corrected chi connectivity index (χ3v) is 6.34. The summed E-state index contributed by atoms with van der Waals surface area (Å²) in [6.45, 7) is 3.81. The maximum atomic E-state index is 13.7. The van der Waals surface area contributed by atoms with Gasteiger partial charge in [0.05, 0.1) is 12.2 Å². The summed E-state index contributed by atoms with van der Waals surface area (Å²) >= 11 is 0. The highest BCUT2D eigenvalue weighted by Crippen LogP contribution is 2.28. The van der Waals surface area contributed by atoms with Gasteiger partial charge in [0.25, 0.3) is 5.91 Å². The average molecular weight is 540 g/mol. The molecule has 0 saturated heterocycles. The van der Waals surface area contributed by atoms with Crippen molar-refractivity contribution < 1.29 is 13.6 Å². The van der Waals surface area contributed by atoms with E-state index in [1.165, 1.54) is 12.3 Å². The van der Waals surface area contributed by atoms with Gasteiger partial charge in [0.15, 0.2) is 28.8 Å². The molecule has 200 valence electrons. The maximum absolute atomic E-state index is 13.7. The molecule has 10 nitrogen and oxygen atoms in total. The number of aromatic nitrogens is 5. The first-order valence-corrected chi connectivity index (χ1v) is 12.2. The number of carbonyl (C=O) groups excluding carboxylic acids is 1. The van der Waals surface area contributed by atoms with Crippen molar-refractivity contribution >= 4 is 23.1 Å². The summed E-state index contributed by atoms with van der Waals surface area (Å²) in [5, 5.41) is 15.0. The van der Waals surface area contributed by atoms with Crippen LogP contribution in [0, 0.1) is 29.9 Å². The average Bonchev–Trinajstić information content (AvgIpc) is 3.31. The van der Waals surface area contributed by atoms with Gasteiger partial charge in [-0.1, -0.05) is 30.3 Å². The van der Waals surface area contributed by atoms with Crippen molar-refractivity contribution in [3.8, 4) is 17.3 Å². The van der Waals surface area contributed by atoms with E-state index in [1.54, 1.807) is 19.3 Å². The Morgan fingerprint density at radius 2 is 1.90 bits per heavy atom. The number of amides is 1. The van der Waals surface area contributed by atoms with E-state index in [4.69, 9.17) is 5.73 Å². The molecule has 40 heavy (non-hydrogen) atoms. The SMILES string of the molecule is Cc1nc(-c2ccc(CNc3ncc(C#N)nc3C(=O)NC(C)c3ccc(F)c(F)c3)cc2)c2c(N)nccn12. The summed E-state index contributed by atoms with van der Waals surface area (Å²) < 4.78 is 28.9. The Morgan fingerprint density at radius 3 is 2.62 bits per heavy atom. The number of aryl methyl sites for hydroxylation is 1. The molecule has 0 spiro atoms. The predicted octanol–water partition coefficient (Wildman–Crippen LogP) is 4.33. The zero-order valence-corrected chi connectivity index (χ0v) is 21.5. The quantitative estimate of drug-likeness (QED) is 0.277. The molecule has 5 rings (SSSR count). The van der Waals surface area contributed by atoms with E-state index in [-0.39, 0.29) is 17.2 Å². The summed E-state index contributed by atoms with van der Waals surface area (Å²) in [5.74, 6) is -1.30. The highest BCUT2D eigenvalue weighted by atomic mass is 19.2. The normalized spacial score (nSPS) is 11.7. The fourth-order valence-corrected chi connectivity index (χ4v) is 4.24. The lowest BCUT2D eigenvalue weighted by molar-refractivity contribution is 0.0935. The number of fused-ring (bicyclic) bond motifs is 1. The molecule has 0 radical (unpaired) electrons. The number of nitrogens with zero attached hydrogens (tertiary/aromatic N) is 6. The summed E-state index contributed by atoms with van der Waals surface area (Å²) in [6.07, 6.45) is 4.69. The third-order valence-electron chi connectivity index (χ3n) is 6.34. The molecule has 0 fully saturated rings. The molecule has 1 amide bonds. The fraction of sp³-hybridized carbons (Fsp3) is 0.143. The number of nitrogens with two attached hydrogens (primary N) is 1. The molecule has 5 aromatic rings. The number of nitriles is 1. The standard InChI is InChI=1S/C28H23F2N9O/c1-15(19-7-8-21(29)22(30)11-19)36-28(40)24-27(35-14-20(12-31)38-24)34-13-17-3-5-18(6-4-17)23-25-26(32)33-9-10-39(25)16(2)37-23/h3-11,14-15H,13H2,1-2H3,(H2,32,33)(H,34,35)(H,36,40). The Balaban J connectivity index is 1.34. The van der Waals surface area contributed by atoms with Gasteiger partial charge in [0.2, 0.25) is 0 Å². The minimum atomic E-state index is -1.02. The lowest BCUT2D eigenvalue weighted by Crippen LogP contribution is -2.29. The van der Waals surface area contributed by atoms with Gasteiger partial charge in [-0.3, -0.25) is 9.20 Å². The van der Waals surface area contributed by atoms with Crippen molar-refractivity contribution in [3.05, 3.63) is 101 Å². The van der Waals surface area contributed by atoms with Crippen LogP contribution < -0.4 is 16.4 Å². The van der Waals surface area contributed by atoms with Crippen LogP contribution in [0.1, 0.15) is 46.1 Å². The Bertz CT molecular complexity index is 1780. The van der Waals surface area contributed by atoms with Crippen molar-refractivity contribution in [3.63, 3.8) is 0 Å². The van der Waals surface area contributed by atoms with E-state index in [9.17, 15) is 18.8 Å². The molecule has 1 unspecified atom stereocenters. The molecule has 2 aromatic carbocycles. The molecule has 4 N–H and O–H groups in total. The summed E-state index contributed by atoms with van der Waals surface area (Å²) in [6, 6.07) is 12.2. The lowest BCUT2D eigenvalue weighted by atomic mass is 10.1. The molecular formula is C28H23F2N9O. The van der Waals surface area contributed by atoms with Gasteiger partial charge >= 0.3 is 0 Å². The maximum Gasteiger partial charge on any atom is 0.274 e. The van der Waals surface area contributed by atoms with Gasteiger partial charge in [0, 0.05) is 24.5 Å². The van der Waals surface area contributed by atoms with E-state index < -0.39 is 23.6 Å². The van der Waals surface area contributed by atoms with E-state index >= 15 is 0 Å². The minimum absolute atomic E-state index is 0.0446. The molecule has 0 saturated carbocycles. The van der Waals surface area contributed by atoms with Crippen LogP contribution >= 0.6 is 0 Å². The smallest absolute Gasteiger partial charge is 0.274 e.